The van der Waals surface area contributed by atoms with Gasteiger partial charge in [0, 0.05) is 12.5 Å². The highest BCUT2D eigenvalue weighted by Gasteiger charge is 2.45. The number of benzene rings is 1. The lowest BCUT2D eigenvalue weighted by Crippen LogP contribution is -2.30. The number of nitrogens with zero attached hydrogens (tertiary/aromatic N) is 2. The number of primary amides is 1. The maximum atomic E-state index is 15.0. The minimum absolute atomic E-state index is 0.0293. The number of fused-ring (bicyclic) bond motifs is 1. The van der Waals surface area contributed by atoms with Crippen LogP contribution in [0, 0.1) is 11.2 Å². The van der Waals surface area contributed by atoms with Crippen LogP contribution in [0.1, 0.15) is 71.6 Å². The fourth-order valence-electron chi connectivity index (χ4n) is 4.75. The molecule has 1 heterocycles. The first-order valence-electron chi connectivity index (χ1n) is 10.6. The summed E-state index contributed by atoms with van der Waals surface area (Å²) in [6.45, 7) is 3.51. The van der Waals surface area contributed by atoms with Gasteiger partial charge in [-0.25, -0.2) is 9.07 Å². The lowest BCUT2D eigenvalue weighted by atomic mass is 9.75. The lowest BCUT2D eigenvalue weighted by Gasteiger charge is -2.29. The Hall–Kier alpha value is -2.95. The van der Waals surface area contributed by atoms with Crippen LogP contribution < -0.4 is 11.1 Å². The molecule has 7 nitrogen and oxygen atoms in total. The summed E-state index contributed by atoms with van der Waals surface area (Å²) in [5.41, 5.74) is 2.31. The highest BCUT2D eigenvalue weighted by Crippen LogP contribution is 2.42. The van der Waals surface area contributed by atoms with Crippen molar-refractivity contribution in [1.29, 1.82) is 0 Å². The molecule has 11 heteroatoms. The standard InChI is InChI=1S/C22H24F4N4O3/c1-21(2)8-14-18(16(32)9-21)19(22(24,25)26)29-30(14)10-6-11(23)17(20(27)33)13(7-10)28-12-4-3-5-15(12)31/h6-7,12,15,28,31H,3-5,8-9H2,1-2H3,(H2,27,33)/t12-,15-/m0/s1. The van der Waals surface area contributed by atoms with E-state index >= 15 is 0 Å². The summed E-state index contributed by atoms with van der Waals surface area (Å²) in [7, 11) is 0. The van der Waals surface area contributed by atoms with Crippen LogP contribution in [0.2, 0.25) is 0 Å². The largest absolute Gasteiger partial charge is 0.435 e. The number of amides is 1. The number of carbonyl (C=O) groups is 2. The smallest absolute Gasteiger partial charge is 0.391 e. The Balaban J connectivity index is 1.91. The lowest BCUT2D eigenvalue weighted by molar-refractivity contribution is -0.141. The number of aliphatic hydroxyl groups excluding tert-OH is 1. The molecular formula is C22H24F4N4O3. The predicted octanol–water partition coefficient (Wildman–Crippen LogP) is 3.61. The topological polar surface area (TPSA) is 110 Å². The zero-order chi connectivity index (χ0) is 24.3. The van der Waals surface area contributed by atoms with E-state index in [1.807, 2.05) is 0 Å². The first-order chi connectivity index (χ1) is 15.3. The van der Waals surface area contributed by atoms with E-state index in [0.717, 1.165) is 10.7 Å². The number of hydrogen-bond acceptors (Lipinski definition) is 5. The minimum atomic E-state index is -4.88. The van der Waals surface area contributed by atoms with E-state index in [1.54, 1.807) is 13.8 Å². The van der Waals surface area contributed by atoms with Crippen molar-refractivity contribution in [3.8, 4) is 5.69 Å². The fourth-order valence-corrected chi connectivity index (χ4v) is 4.75. The molecule has 0 radical (unpaired) electrons. The Kier molecular flexibility index (Phi) is 5.50. The third kappa shape index (κ3) is 4.21. The zero-order valence-electron chi connectivity index (χ0n) is 18.1. The summed E-state index contributed by atoms with van der Waals surface area (Å²) in [5.74, 6) is -2.79. The number of halogens is 4. The highest BCUT2D eigenvalue weighted by molar-refractivity contribution is 6.01. The molecule has 2 aliphatic carbocycles. The van der Waals surface area contributed by atoms with Crippen LogP contribution >= 0.6 is 0 Å². The molecule has 1 aromatic carbocycles. The van der Waals surface area contributed by atoms with Gasteiger partial charge >= 0.3 is 6.18 Å². The molecule has 2 aliphatic rings. The molecule has 0 unspecified atom stereocenters. The van der Waals surface area contributed by atoms with Crippen LogP contribution in [-0.4, -0.2) is 38.7 Å². The van der Waals surface area contributed by atoms with E-state index in [2.05, 4.69) is 10.4 Å². The quantitative estimate of drug-likeness (QED) is 0.594. The molecule has 0 spiro atoms. The van der Waals surface area contributed by atoms with E-state index in [4.69, 9.17) is 5.73 Å². The Morgan fingerprint density at radius 3 is 2.55 bits per heavy atom. The second-order valence-electron chi connectivity index (χ2n) is 9.48. The van der Waals surface area contributed by atoms with Crippen LogP contribution in [0.5, 0.6) is 0 Å². The number of ketones is 1. The summed E-state index contributed by atoms with van der Waals surface area (Å²) < 4.78 is 57.0. The average molecular weight is 468 g/mol. The normalized spacial score (nSPS) is 22.3. The van der Waals surface area contributed by atoms with E-state index in [1.165, 1.54) is 6.07 Å². The van der Waals surface area contributed by atoms with Crippen LogP contribution in [0.4, 0.5) is 23.2 Å². The van der Waals surface area contributed by atoms with Gasteiger partial charge in [0.15, 0.2) is 11.5 Å². The van der Waals surface area contributed by atoms with Gasteiger partial charge in [-0.15, -0.1) is 0 Å². The van der Waals surface area contributed by atoms with Crippen molar-refractivity contribution >= 4 is 17.4 Å². The second kappa shape index (κ2) is 7.82. The second-order valence-corrected chi connectivity index (χ2v) is 9.48. The maximum absolute atomic E-state index is 15.0. The zero-order valence-corrected chi connectivity index (χ0v) is 18.1. The summed E-state index contributed by atoms with van der Waals surface area (Å²) in [5, 5.41) is 16.7. The molecule has 0 aliphatic heterocycles. The molecule has 4 rings (SSSR count). The van der Waals surface area contributed by atoms with Crippen LogP contribution in [0.15, 0.2) is 12.1 Å². The predicted molar refractivity (Wildman–Crippen MR) is 111 cm³/mol. The first kappa shape index (κ1) is 23.2. The van der Waals surface area contributed by atoms with Gasteiger partial charge in [-0.1, -0.05) is 13.8 Å². The number of anilines is 1. The fraction of sp³-hybridized carbons (Fsp3) is 0.500. The highest BCUT2D eigenvalue weighted by atomic mass is 19.4. The Morgan fingerprint density at radius 1 is 1.27 bits per heavy atom. The number of aromatic nitrogens is 2. The third-order valence-corrected chi connectivity index (χ3v) is 6.20. The summed E-state index contributed by atoms with van der Waals surface area (Å²) in [4.78, 5) is 24.5. The van der Waals surface area contributed by atoms with E-state index in [9.17, 15) is 32.3 Å². The number of Topliss-reactive ketones (excluding diaryl/α,β-unsaturated/α-hetero) is 1. The molecule has 0 saturated heterocycles. The molecule has 178 valence electrons. The maximum Gasteiger partial charge on any atom is 0.435 e. The number of hydrogen-bond donors (Lipinski definition) is 3. The Bertz CT molecular complexity index is 1140. The molecule has 2 atom stereocenters. The van der Waals surface area contributed by atoms with Crippen molar-refractivity contribution in [2.75, 3.05) is 5.32 Å². The average Bonchev–Trinajstić information content (AvgIpc) is 3.23. The van der Waals surface area contributed by atoms with Gasteiger partial charge in [-0.2, -0.15) is 18.3 Å². The number of nitrogens with one attached hydrogen (secondary N) is 1. The molecule has 4 N–H and O–H groups in total. The summed E-state index contributed by atoms with van der Waals surface area (Å²) >= 11 is 0. The molecule has 33 heavy (non-hydrogen) atoms. The van der Waals surface area contributed by atoms with Crippen molar-refractivity contribution in [3.05, 3.63) is 40.5 Å². The molecule has 1 saturated carbocycles. The number of rotatable bonds is 4. The summed E-state index contributed by atoms with van der Waals surface area (Å²) in [6.07, 6.45) is -3.78. The van der Waals surface area contributed by atoms with Gasteiger partial charge in [0.1, 0.15) is 5.82 Å². The molecule has 1 aromatic heterocycles. The monoisotopic (exact) mass is 468 g/mol. The van der Waals surface area contributed by atoms with Crippen molar-refractivity contribution in [2.24, 2.45) is 11.1 Å². The summed E-state index contributed by atoms with van der Waals surface area (Å²) in [6, 6.07) is 1.67. The van der Waals surface area contributed by atoms with E-state index in [-0.39, 0.29) is 29.9 Å². The Labute approximate surface area is 186 Å². The molecule has 1 fully saturated rings. The first-order valence-corrected chi connectivity index (χ1v) is 10.6. The van der Waals surface area contributed by atoms with E-state index < -0.39 is 58.1 Å². The number of aliphatic hydroxyl groups is 1. The molecular weight excluding hydrogens is 444 g/mol. The van der Waals surface area contributed by atoms with Crippen LogP contribution in [0.3, 0.4) is 0 Å². The Morgan fingerprint density at radius 2 is 1.97 bits per heavy atom. The van der Waals surface area contributed by atoms with Gasteiger partial charge in [0.25, 0.3) is 5.91 Å². The van der Waals surface area contributed by atoms with Gasteiger partial charge in [-0.05, 0) is 37.2 Å². The number of nitrogens with two attached hydrogens (primary N) is 1. The van der Waals surface area contributed by atoms with E-state index in [0.29, 0.717) is 19.3 Å². The van der Waals surface area contributed by atoms with Crippen molar-refractivity contribution < 1.29 is 32.3 Å². The van der Waals surface area contributed by atoms with Crippen molar-refractivity contribution in [2.45, 2.75) is 64.3 Å². The molecule has 1 amide bonds. The number of alkyl halides is 3. The van der Waals surface area contributed by atoms with Crippen molar-refractivity contribution in [1.82, 2.24) is 9.78 Å². The molecule has 0 bridgehead atoms. The van der Waals surface area contributed by atoms with Gasteiger partial charge in [0.2, 0.25) is 0 Å². The molecule has 2 aromatic rings. The van der Waals surface area contributed by atoms with Crippen LogP contribution in [-0.2, 0) is 12.6 Å². The minimum Gasteiger partial charge on any atom is -0.391 e. The van der Waals surface area contributed by atoms with Gasteiger partial charge in [0.05, 0.1) is 40.3 Å². The van der Waals surface area contributed by atoms with Crippen molar-refractivity contribution in [3.63, 3.8) is 0 Å². The number of carbonyl (C=O) groups excluding carboxylic acids is 2. The SMILES string of the molecule is CC1(C)CC(=O)c2c(C(F)(F)F)nn(-c3cc(F)c(C(N)=O)c(N[C@H]4CCC[C@@H]4O)c3)c2C1. The van der Waals surface area contributed by atoms with Crippen LogP contribution in [0.25, 0.3) is 5.69 Å². The third-order valence-electron chi connectivity index (χ3n) is 6.20. The van der Waals surface area contributed by atoms with Gasteiger partial charge < -0.3 is 16.2 Å². The van der Waals surface area contributed by atoms with Gasteiger partial charge in [-0.3, -0.25) is 9.59 Å².